The molecule has 2 aliphatic heterocycles. The molecule has 1 fully saturated rings. The number of aromatic nitrogens is 3. The molecule has 0 radical (unpaired) electrons. The number of anilines is 1. The fourth-order valence-corrected chi connectivity index (χ4v) is 6.06. The lowest BCUT2D eigenvalue weighted by molar-refractivity contribution is -0.117. The zero-order chi connectivity index (χ0) is 21.0. The summed E-state index contributed by atoms with van der Waals surface area (Å²) in [4.78, 5) is 22.9. The number of nitrogens with zero attached hydrogens (tertiary/aromatic N) is 5. The molecule has 1 amide bonds. The second kappa shape index (κ2) is 6.88. The highest BCUT2D eigenvalue weighted by atomic mass is 32.2. The van der Waals surface area contributed by atoms with Crippen molar-refractivity contribution in [3.05, 3.63) is 47.9 Å². The Morgan fingerprint density at radius 2 is 2.07 bits per heavy atom. The largest absolute Gasteiger partial charge is 0.315 e. The van der Waals surface area contributed by atoms with E-state index in [1.807, 2.05) is 19.1 Å². The maximum atomic E-state index is 13.3. The molecule has 0 bridgehead atoms. The molecule has 0 aliphatic carbocycles. The van der Waals surface area contributed by atoms with E-state index < -0.39 is 10.0 Å². The molecule has 4 heterocycles. The van der Waals surface area contributed by atoms with Crippen molar-refractivity contribution in [1.29, 1.82) is 0 Å². The van der Waals surface area contributed by atoms with Crippen LogP contribution < -0.4 is 4.90 Å². The van der Waals surface area contributed by atoms with Crippen LogP contribution in [0.4, 0.5) is 5.69 Å². The second-order valence-electron chi connectivity index (χ2n) is 7.83. The van der Waals surface area contributed by atoms with Crippen molar-refractivity contribution >= 4 is 32.8 Å². The van der Waals surface area contributed by atoms with Gasteiger partial charge in [-0.15, -0.1) is 0 Å². The van der Waals surface area contributed by atoms with Gasteiger partial charge >= 0.3 is 0 Å². The van der Waals surface area contributed by atoms with Crippen LogP contribution in [0.3, 0.4) is 0 Å². The Hall–Kier alpha value is -2.78. The molecule has 1 saturated heterocycles. The van der Waals surface area contributed by atoms with E-state index in [1.165, 1.54) is 4.31 Å². The first-order chi connectivity index (χ1) is 14.4. The van der Waals surface area contributed by atoms with E-state index in [2.05, 4.69) is 9.55 Å². The van der Waals surface area contributed by atoms with Crippen molar-refractivity contribution in [2.75, 3.05) is 25.0 Å². The summed E-state index contributed by atoms with van der Waals surface area (Å²) in [6.07, 6.45) is 2.71. The van der Waals surface area contributed by atoms with E-state index >= 15 is 0 Å². The molecule has 9 heteroatoms. The van der Waals surface area contributed by atoms with Crippen LogP contribution in [-0.4, -0.2) is 53.3 Å². The second-order valence-corrected chi connectivity index (χ2v) is 9.77. The van der Waals surface area contributed by atoms with Gasteiger partial charge in [-0.3, -0.25) is 4.79 Å². The molecule has 1 aromatic carbocycles. The third-order valence-corrected chi connectivity index (χ3v) is 7.99. The molecular weight excluding hydrogens is 402 g/mol. The van der Waals surface area contributed by atoms with Crippen LogP contribution in [0.2, 0.25) is 0 Å². The van der Waals surface area contributed by atoms with Gasteiger partial charge in [-0.2, -0.15) is 4.31 Å². The highest BCUT2D eigenvalue weighted by Gasteiger charge is 2.36. The maximum absolute atomic E-state index is 13.3. The van der Waals surface area contributed by atoms with E-state index in [0.29, 0.717) is 19.5 Å². The lowest BCUT2D eigenvalue weighted by Gasteiger charge is -2.18. The van der Waals surface area contributed by atoms with Gasteiger partial charge in [0, 0.05) is 44.5 Å². The molecule has 0 N–H and O–H groups in total. The number of rotatable bonds is 4. The fourth-order valence-electron chi connectivity index (χ4n) is 4.51. The molecule has 2 aliphatic rings. The quantitative estimate of drug-likeness (QED) is 0.639. The molecule has 0 saturated carbocycles. The van der Waals surface area contributed by atoms with E-state index in [0.717, 1.165) is 34.8 Å². The van der Waals surface area contributed by atoms with E-state index in [9.17, 15) is 13.2 Å². The van der Waals surface area contributed by atoms with Crippen LogP contribution >= 0.6 is 0 Å². The van der Waals surface area contributed by atoms with Gasteiger partial charge in [0.25, 0.3) is 0 Å². The van der Waals surface area contributed by atoms with Gasteiger partial charge in [0.2, 0.25) is 15.9 Å². The highest BCUT2D eigenvalue weighted by molar-refractivity contribution is 7.89. The number of hydrogen-bond acceptors (Lipinski definition) is 5. The van der Waals surface area contributed by atoms with Gasteiger partial charge in [0.05, 0.1) is 11.3 Å². The lowest BCUT2D eigenvalue weighted by Crippen LogP contribution is -2.29. The summed E-state index contributed by atoms with van der Waals surface area (Å²) in [6, 6.07) is 8.76. The summed E-state index contributed by atoms with van der Waals surface area (Å²) >= 11 is 0. The lowest BCUT2D eigenvalue weighted by atomic mass is 10.1. The summed E-state index contributed by atoms with van der Waals surface area (Å²) in [7, 11) is -1.92. The van der Waals surface area contributed by atoms with Gasteiger partial charge in [-0.25, -0.2) is 18.4 Å². The Labute approximate surface area is 175 Å². The zero-order valence-corrected chi connectivity index (χ0v) is 17.8. The molecule has 1 atom stereocenters. The topological polar surface area (TPSA) is 88.4 Å². The van der Waals surface area contributed by atoms with Crippen molar-refractivity contribution in [1.82, 2.24) is 18.8 Å². The molecule has 30 heavy (non-hydrogen) atoms. The monoisotopic (exact) mass is 425 g/mol. The number of aryl methyl sites for hydroxylation is 1. The van der Waals surface area contributed by atoms with Crippen molar-refractivity contribution in [2.24, 2.45) is 0 Å². The summed E-state index contributed by atoms with van der Waals surface area (Å²) < 4.78 is 30.2. The first-order valence-electron chi connectivity index (χ1n) is 10.1. The predicted octanol–water partition coefficient (Wildman–Crippen LogP) is 2.15. The number of imidazole rings is 1. The number of fused-ring (bicyclic) bond motifs is 2. The van der Waals surface area contributed by atoms with Crippen LogP contribution in [-0.2, 0) is 27.8 Å². The minimum absolute atomic E-state index is 0.0205. The summed E-state index contributed by atoms with van der Waals surface area (Å²) in [6.45, 7) is 3.62. The van der Waals surface area contributed by atoms with Crippen molar-refractivity contribution in [3.8, 4) is 0 Å². The first kappa shape index (κ1) is 19.2. The van der Waals surface area contributed by atoms with Gasteiger partial charge in [-0.05, 0) is 49.2 Å². The van der Waals surface area contributed by atoms with Gasteiger partial charge in [-0.1, -0.05) is 0 Å². The average Bonchev–Trinajstić information content (AvgIpc) is 3.44. The SMILES string of the molecule is CCn1c(C2CCN(S(=O)(=O)c3ccc4c(c3)CC(=O)N4C)C2)nc2cccnc21. The van der Waals surface area contributed by atoms with Crippen LogP contribution in [0, 0.1) is 0 Å². The molecule has 8 nitrogen and oxygen atoms in total. The Bertz CT molecular complexity index is 1270. The number of carbonyl (C=O) groups excluding carboxylic acids is 1. The average molecular weight is 426 g/mol. The Balaban J connectivity index is 1.44. The molecule has 1 unspecified atom stereocenters. The number of likely N-dealkylation sites (N-methyl/N-ethyl adjacent to an activating group) is 1. The van der Waals surface area contributed by atoms with E-state index in [4.69, 9.17) is 4.98 Å². The van der Waals surface area contributed by atoms with Gasteiger partial charge < -0.3 is 9.47 Å². The highest BCUT2D eigenvalue weighted by Crippen LogP contribution is 2.34. The molecule has 3 aromatic rings. The summed E-state index contributed by atoms with van der Waals surface area (Å²) in [5, 5.41) is 0. The molecule has 0 spiro atoms. The number of hydrogen-bond donors (Lipinski definition) is 0. The Morgan fingerprint density at radius 3 is 2.87 bits per heavy atom. The fraction of sp³-hybridized carbons (Fsp3) is 0.381. The van der Waals surface area contributed by atoms with E-state index in [-0.39, 0.29) is 23.1 Å². The number of amides is 1. The van der Waals surface area contributed by atoms with Crippen molar-refractivity contribution in [2.45, 2.75) is 37.1 Å². The normalized spacial score (nSPS) is 19.7. The molecule has 5 rings (SSSR count). The van der Waals surface area contributed by atoms with Crippen LogP contribution in [0.25, 0.3) is 11.2 Å². The Kier molecular flexibility index (Phi) is 4.41. The number of benzene rings is 1. The standard InChI is InChI=1S/C21H23N5O3S/c1-3-26-20(23-17-5-4-9-22-21(17)26)14-8-10-25(13-14)30(28,29)16-6-7-18-15(11-16)12-19(27)24(18)2/h4-7,9,11,14H,3,8,10,12-13H2,1-2H3. The third-order valence-electron chi connectivity index (χ3n) is 6.13. The van der Waals surface area contributed by atoms with Crippen LogP contribution in [0.1, 0.15) is 30.7 Å². The molecule has 156 valence electrons. The molecular formula is C21H23N5O3S. The smallest absolute Gasteiger partial charge is 0.243 e. The van der Waals surface area contributed by atoms with Crippen molar-refractivity contribution in [3.63, 3.8) is 0 Å². The zero-order valence-electron chi connectivity index (χ0n) is 16.9. The number of pyridine rings is 1. The third kappa shape index (κ3) is 2.84. The predicted molar refractivity (Wildman–Crippen MR) is 113 cm³/mol. The van der Waals surface area contributed by atoms with E-state index in [1.54, 1.807) is 36.3 Å². The van der Waals surface area contributed by atoms with Gasteiger partial charge in [0.1, 0.15) is 11.3 Å². The Morgan fingerprint density at radius 1 is 1.23 bits per heavy atom. The first-order valence-corrected chi connectivity index (χ1v) is 11.5. The summed E-state index contributed by atoms with van der Waals surface area (Å²) in [5.41, 5.74) is 3.22. The molecule has 2 aromatic heterocycles. The number of sulfonamides is 1. The summed E-state index contributed by atoms with van der Waals surface area (Å²) in [5.74, 6) is 0.897. The minimum Gasteiger partial charge on any atom is -0.315 e. The van der Waals surface area contributed by atoms with Crippen LogP contribution in [0.15, 0.2) is 41.4 Å². The minimum atomic E-state index is -3.63. The maximum Gasteiger partial charge on any atom is 0.243 e. The van der Waals surface area contributed by atoms with Crippen molar-refractivity contribution < 1.29 is 13.2 Å². The van der Waals surface area contributed by atoms with Crippen LogP contribution in [0.5, 0.6) is 0 Å². The van der Waals surface area contributed by atoms with Gasteiger partial charge in [0.15, 0.2) is 5.65 Å². The number of carbonyl (C=O) groups is 1.